The van der Waals surface area contributed by atoms with E-state index in [0.29, 0.717) is 19.0 Å². The van der Waals surface area contributed by atoms with Crippen LogP contribution in [0, 0.1) is 5.92 Å². The first-order chi connectivity index (χ1) is 5.61. The third-order valence-corrected chi connectivity index (χ3v) is 2.59. The van der Waals surface area contributed by atoms with Crippen molar-refractivity contribution in [2.75, 3.05) is 13.1 Å². The minimum Gasteiger partial charge on any atom is -0.465 e. The summed E-state index contributed by atoms with van der Waals surface area (Å²) in [5, 5.41) is 8.72. The summed E-state index contributed by atoms with van der Waals surface area (Å²) in [6.45, 7) is 3.29. The molecule has 4 heteroatoms. The first-order valence-electron chi connectivity index (χ1n) is 4.34. The van der Waals surface area contributed by atoms with Gasteiger partial charge in [-0.05, 0) is 18.8 Å². The molecule has 1 amide bonds. The topological polar surface area (TPSA) is 66.6 Å². The molecule has 1 fully saturated rings. The molecule has 70 valence electrons. The first-order valence-corrected chi connectivity index (χ1v) is 4.34. The Labute approximate surface area is 72.3 Å². The van der Waals surface area contributed by atoms with Crippen LogP contribution in [0.3, 0.4) is 0 Å². The Kier molecular flexibility index (Phi) is 2.92. The molecule has 0 saturated carbocycles. The zero-order valence-electron chi connectivity index (χ0n) is 7.36. The lowest BCUT2D eigenvalue weighted by atomic mass is 9.98. The van der Waals surface area contributed by atoms with Crippen LogP contribution in [0.1, 0.15) is 19.8 Å². The lowest BCUT2D eigenvalue weighted by Gasteiger charge is -2.15. The highest BCUT2D eigenvalue weighted by atomic mass is 16.4. The number of carbonyl (C=O) groups is 1. The summed E-state index contributed by atoms with van der Waals surface area (Å²) in [5.74, 6) is 0.439. The maximum atomic E-state index is 10.6. The fourth-order valence-electron chi connectivity index (χ4n) is 1.47. The van der Waals surface area contributed by atoms with E-state index in [0.717, 1.165) is 12.8 Å². The summed E-state index contributed by atoms with van der Waals surface area (Å²) in [6, 6.07) is 0.161. The molecule has 1 saturated heterocycles. The molecule has 2 unspecified atom stereocenters. The number of hydrogen-bond donors (Lipinski definition) is 2. The molecule has 1 heterocycles. The molecule has 0 aliphatic carbocycles. The Hall–Kier alpha value is -0.770. The average Bonchev–Trinajstić information content (AvgIpc) is 2.16. The van der Waals surface area contributed by atoms with E-state index >= 15 is 0 Å². The Balaban J connectivity index is 2.49. The van der Waals surface area contributed by atoms with Gasteiger partial charge in [-0.2, -0.15) is 0 Å². The highest BCUT2D eigenvalue weighted by Crippen LogP contribution is 2.15. The quantitative estimate of drug-likeness (QED) is 0.566. The van der Waals surface area contributed by atoms with Gasteiger partial charge in [0, 0.05) is 19.1 Å². The van der Waals surface area contributed by atoms with E-state index in [1.165, 1.54) is 4.90 Å². The van der Waals surface area contributed by atoms with Gasteiger partial charge in [0.1, 0.15) is 0 Å². The van der Waals surface area contributed by atoms with Gasteiger partial charge in [-0.15, -0.1) is 0 Å². The van der Waals surface area contributed by atoms with Crippen LogP contribution >= 0.6 is 0 Å². The van der Waals surface area contributed by atoms with E-state index < -0.39 is 6.09 Å². The van der Waals surface area contributed by atoms with Crippen LogP contribution in [0.2, 0.25) is 0 Å². The van der Waals surface area contributed by atoms with E-state index in [2.05, 4.69) is 6.92 Å². The Bertz CT molecular complexity index is 160. The van der Waals surface area contributed by atoms with Crippen molar-refractivity contribution in [3.8, 4) is 0 Å². The van der Waals surface area contributed by atoms with Crippen molar-refractivity contribution in [1.82, 2.24) is 4.90 Å². The molecule has 0 bridgehead atoms. The van der Waals surface area contributed by atoms with Crippen LogP contribution in [0.15, 0.2) is 0 Å². The fraction of sp³-hybridized carbons (Fsp3) is 0.875. The van der Waals surface area contributed by atoms with Crippen molar-refractivity contribution < 1.29 is 9.90 Å². The molecule has 2 atom stereocenters. The second kappa shape index (κ2) is 3.76. The molecular weight excluding hydrogens is 156 g/mol. The van der Waals surface area contributed by atoms with Crippen molar-refractivity contribution >= 4 is 6.09 Å². The lowest BCUT2D eigenvalue weighted by Crippen LogP contribution is -2.31. The third-order valence-electron chi connectivity index (χ3n) is 2.59. The van der Waals surface area contributed by atoms with Crippen LogP contribution in [-0.4, -0.2) is 35.2 Å². The normalized spacial score (nSPS) is 31.3. The predicted molar refractivity (Wildman–Crippen MR) is 46.0 cm³/mol. The molecule has 1 aliphatic rings. The Morgan fingerprint density at radius 1 is 1.50 bits per heavy atom. The molecule has 3 N–H and O–H groups in total. The van der Waals surface area contributed by atoms with Crippen molar-refractivity contribution in [1.29, 1.82) is 0 Å². The van der Waals surface area contributed by atoms with Gasteiger partial charge in [0.05, 0.1) is 0 Å². The van der Waals surface area contributed by atoms with Gasteiger partial charge in [0.2, 0.25) is 0 Å². The van der Waals surface area contributed by atoms with Gasteiger partial charge in [-0.3, -0.25) is 0 Å². The Morgan fingerprint density at radius 2 is 2.08 bits per heavy atom. The number of hydrogen-bond acceptors (Lipinski definition) is 2. The molecular formula is C8H16N2O2. The lowest BCUT2D eigenvalue weighted by molar-refractivity contribution is 0.146. The molecule has 0 aromatic carbocycles. The maximum Gasteiger partial charge on any atom is 0.407 e. The number of rotatable bonds is 0. The second-order valence-corrected chi connectivity index (χ2v) is 3.49. The highest BCUT2D eigenvalue weighted by molar-refractivity contribution is 5.64. The molecule has 1 aliphatic heterocycles. The van der Waals surface area contributed by atoms with E-state index in [-0.39, 0.29) is 6.04 Å². The van der Waals surface area contributed by atoms with Crippen molar-refractivity contribution in [2.24, 2.45) is 11.7 Å². The molecule has 4 nitrogen and oxygen atoms in total. The van der Waals surface area contributed by atoms with Gasteiger partial charge in [0.15, 0.2) is 0 Å². The summed E-state index contributed by atoms with van der Waals surface area (Å²) < 4.78 is 0. The van der Waals surface area contributed by atoms with Crippen molar-refractivity contribution in [2.45, 2.75) is 25.8 Å². The second-order valence-electron chi connectivity index (χ2n) is 3.49. The van der Waals surface area contributed by atoms with E-state index in [9.17, 15) is 4.79 Å². The van der Waals surface area contributed by atoms with E-state index in [4.69, 9.17) is 10.8 Å². The smallest absolute Gasteiger partial charge is 0.407 e. The number of nitrogens with zero attached hydrogens (tertiary/aromatic N) is 1. The number of carboxylic acid groups (broad SMARTS) is 1. The summed E-state index contributed by atoms with van der Waals surface area (Å²) in [6.07, 6.45) is 0.845. The van der Waals surface area contributed by atoms with Crippen molar-refractivity contribution in [3.63, 3.8) is 0 Å². The molecule has 0 spiro atoms. The molecule has 12 heavy (non-hydrogen) atoms. The largest absolute Gasteiger partial charge is 0.465 e. The van der Waals surface area contributed by atoms with Gasteiger partial charge >= 0.3 is 6.09 Å². The van der Waals surface area contributed by atoms with Crippen LogP contribution in [-0.2, 0) is 0 Å². The summed E-state index contributed by atoms with van der Waals surface area (Å²) in [7, 11) is 0. The van der Waals surface area contributed by atoms with Gasteiger partial charge in [-0.1, -0.05) is 6.92 Å². The standard InChI is InChI=1S/C8H16N2O2/c1-6-2-4-10(8(11)12)5-3-7(6)9/h6-7H,2-5,9H2,1H3,(H,11,12). The molecule has 0 aromatic heterocycles. The van der Waals surface area contributed by atoms with Crippen LogP contribution < -0.4 is 5.73 Å². The number of amides is 1. The van der Waals surface area contributed by atoms with Crippen LogP contribution in [0.4, 0.5) is 4.79 Å². The molecule has 0 aromatic rings. The average molecular weight is 172 g/mol. The zero-order valence-corrected chi connectivity index (χ0v) is 7.36. The van der Waals surface area contributed by atoms with Crippen LogP contribution in [0.25, 0.3) is 0 Å². The molecule has 0 radical (unpaired) electrons. The number of likely N-dealkylation sites (tertiary alicyclic amines) is 1. The summed E-state index contributed by atoms with van der Waals surface area (Å²) in [4.78, 5) is 12.1. The fourth-order valence-corrected chi connectivity index (χ4v) is 1.47. The van der Waals surface area contributed by atoms with Gasteiger partial charge < -0.3 is 15.7 Å². The highest BCUT2D eigenvalue weighted by Gasteiger charge is 2.22. The summed E-state index contributed by atoms with van der Waals surface area (Å²) in [5.41, 5.74) is 5.82. The third kappa shape index (κ3) is 2.11. The minimum atomic E-state index is -0.823. The van der Waals surface area contributed by atoms with Crippen LogP contribution in [0.5, 0.6) is 0 Å². The number of nitrogens with two attached hydrogens (primary N) is 1. The summed E-state index contributed by atoms with van der Waals surface area (Å²) >= 11 is 0. The van der Waals surface area contributed by atoms with Gasteiger partial charge in [-0.25, -0.2) is 4.79 Å². The SMILES string of the molecule is CC1CCN(C(=O)O)CCC1N. The first kappa shape index (κ1) is 9.32. The van der Waals surface area contributed by atoms with Gasteiger partial charge in [0.25, 0.3) is 0 Å². The van der Waals surface area contributed by atoms with E-state index in [1.807, 2.05) is 0 Å². The minimum absolute atomic E-state index is 0.161. The zero-order chi connectivity index (χ0) is 9.14. The molecule has 1 rings (SSSR count). The monoisotopic (exact) mass is 172 g/mol. The Morgan fingerprint density at radius 3 is 2.67 bits per heavy atom. The van der Waals surface area contributed by atoms with E-state index in [1.54, 1.807) is 0 Å². The maximum absolute atomic E-state index is 10.6. The predicted octanol–water partition coefficient (Wildman–Crippen LogP) is 0.724. The van der Waals surface area contributed by atoms with Crippen molar-refractivity contribution in [3.05, 3.63) is 0 Å².